The van der Waals surface area contributed by atoms with E-state index in [9.17, 15) is 32.9 Å². The summed E-state index contributed by atoms with van der Waals surface area (Å²) in [6, 6.07) is 14.0. The number of alkyl halides is 3. The van der Waals surface area contributed by atoms with Gasteiger partial charge >= 0.3 is 6.18 Å². The quantitative estimate of drug-likeness (QED) is 0.355. The molecule has 2 amide bonds. The van der Waals surface area contributed by atoms with Gasteiger partial charge in [-0.1, -0.05) is 12.1 Å². The van der Waals surface area contributed by atoms with E-state index in [0.717, 1.165) is 12.1 Å². The zero-order valence-corrected chi connectivity index (χ0v) is 19.2. The van der Waals surface area contributed by atoms with Crippen LogP contribution in [-0.4, -0.2) is 43.0 Å². The molecule has 0 saturated carbocycles. The van der Waals surface area contributed by atoms with Crippen LogP contribution in [0.3, 0.4) is 0 Å². The van der Waals surface area contributed by atoms with E-state index in [1.165, 1.54) is 54.6 Å². The van der Waals surface area contributed by atoms with Gasteiger partial charge in [-0.25, -0.2) is 0 Å². The molecule has 2 N–H and O–H groups in total. The summed E-state index contributed by atoms with van der Waals surface area (Å²) in [4.78, 5) is 38.4. The largest absolute Gasteiger partial charge is 0.416 e. The number of carbonyl (C=O) groups is 2. The number of rotatable bonds is 6. The van der Waals surface area contributed by atoms with E-state index in [0.29, 0.717) is 32.0 Å². The third kappa shape index (κ3) is 6.22. The molecule has 0 atom stereocenters. The molecule has 37 heavy (non-hydrogen) atoms. The number of halogens is 3. The van der Waals surface area contributed by atoms with Crippen LogP contribution in [0.15, 0.2) is 66.7 Å². The highest BCUT2D eigenvalue weighted by Gasteiger charge is 2.30. The molecule has 0 radical (unpaired) electrons. The molecule has 192 valence electrons. The summed E-state index contributed by atoms with van der Waals surface area (Å²) >= 11 is 0. The summed E-state index contributed by atoms with van der Waals surface area (Å²) in [5.74, 6) is -1.31. The summed E-state index contributed by atoms with van der Waals surface area (Å²) in [7, 11) is 0. The Labute approximate surface area is 209 Å². The van der Waals surface area contributed by atoms with E-state index < -0.39 is 28.5 Å². The van der Waals surface area contributed by atoms with Gasteiger partial charge in [-0.3, -0.25) is 19.7 Å². The van der Waals surface area contributed by atoms with Crippen molar-refractivity contribution in [3.8, 4) is 0 Å². The van der Waals surface area contributed by atoms with Crippen molar-refractivity contribution in [2.24, 2.45) is 0 Å². The Kier molecular flexibility index (Phi) is 7.39. The van der Waals surface area contributed by atoms with Crippen LogP contribution >= 0.6 is 0 Å². The second-order valence-electron chi connectivity index (χ2n) is 8.13. The summed E-state index contributed by atoms with van der Waals surface area (Å²) in [6.07, 6.45) is -4.56. The topological polar surface area (TPSA) is 114 Å². The van der Waals surface area contributed by atoms with Crippen molar-refractivity contribution in [1.82, 2.24) is 0 Å². The predicted molar refractivity (Wildman–Crippen MR) is 130 cm³/mol. The maximum absolute atomic E-state index is 13.2. The fourth-order valence-electron chi connectivity index (χ4n) is 3.81. The van der Waals surface area contributed by atoms with Crippen LogP contribution in [0.2, 0.25) is 0 Å². The van der Waals surface area contributed by atoms with E-state index in [4.69, 9.17) is 4.74 Å². The molecular formula is C25H21F3N4O5. The number of ether oxygens (including phenoxy) is 1. The normalized spacial score (nSPS) is 13.6. The lowest BCUT2D eigenvalue weighted by Crippen LogP contribution is -2.37. The first-order valence-corrected chi connectivity index (χ1v) is 11.1. The Balaban J connectivity index is 1.54. The van der Waals surface area contributed by atoms with Crippen LogP contribution in [0.25, 0.3) is 0 Å². The number of nitrogens with one attached hydrogen (secondary N) is 2. The minimum atomic E-state index is -4.56. The first-order valence-electron chi connectivity index (χ1n) is 11.1. The van der Waals surface area contributed by atoms with Crippen molar-refractivity contribution in [3.63, 3.8) is 0 Å². The summed E-state index contributed by atoms with van der Waals surface area (Å²) in [5.41, 5.74) is -0.305. The van der Waals surface area contributed by atoms with Gasteiger partial charge in [0.05, 0.1) is 35.0 Å². The van der Waals surface area contributed by atoms with Crippen molar-refractivity contribution in [2.75, 3.05) is 41.8 Å². The van der Waals surface area contributed by atoms with Gasteiger partial charge in [0.1, 0.15) is 0 Å². The average molecular weight is 514 g/mol. The SMILES string of the molecule is O=C(Nc1cccc(C(F)(F)F)c1)c1cccc(NC(=O)c2cc([N+](=O)[O-])ccc2N2CCOCC2)c1. The maximum Gasteiger partial charge on any atom is 0.416 e. The van der Waals surface area contributed by atoms with Gasteiger partial charge in [-0.15, -0.1) is 0 Å². The zero-order chi connectivity index (χ0) is 26.6. The molecule has 1 saturated heterocycles. The highest BCUT2D eigenvalue weighted by Crippen LogP contribution is 2.31. The predicted octanol–water partition coefficient (Wildman–Crippen LogP) is 4.95. The van der Waals surface area contributed by atoms with Crippen molar-refractivity contribution in [1.29, 1.82) is 0 Å². The smallest absolute Gasteiger partial charge is 0.378 e. The molecule has 9 nitrogen and oxygen atoms in total. The average Bonchev–Trinajstić information content (AvgIpc) is 2.88. The molecule has 3 aromatic carbocycles. The van der Waals surface area contributed by atoms with Gasteiger partial charge in [-0.2, -0.15) is 13.2 Å². The van der Waals surface area contributed by atoms with Crippen LogP contribution in [0.5, 0.6) is 0 Å². The molecule has 3 aromatic rings. The molecule has 1 fully saturated rings. The maximum atomic E-state index is 13.2. The number of nitrogens with zero attached hydrogens (tertiary/aromatic N) is 2. The fraction of sp³-hybridized carbons (Fsp3) is 0.200. The number of amides is 2. The molecule has 0 unspecified atom stereocenters. The molecule has 0 bridgehead atoms. The molecule has 1 aliphatic heterocycles. The number of carbonyl (C=O) groups excluding carboxylic acids is 2. The molecule has 12 heteroatoms. The highest BCUT2D eigenvalue weighted by atomic mass is 19.4. The van der Waals surface area contributed by atoms with E-state index in [-0.39, 0.29) is 28.2 Å². The van der Waals surface area contributed by atoms with Gasteiger partial charge in [0, 0.05) is 42.2 Å². The van der Waals surface area contributed by atoms with Crippen molar-refractivity contribution < 1.29 is 32.4 Å². The number of anilines is 3. The molecule has 0 spiro atoms. The highest BCUT2D eigenvalue weighted by molar-refractivity contribution is 6.10. The van der Waals surface area contributed by atoms with Crippen molar-refractivity contribution in [3.05, 3.63) is 93.5 Å². The summed E-state index contributed by atoms with van der Waals surface area (Å²) < 4.78 is 44.2. The molecule has 0 aromatic heterocycles. The molecule has 1 heterocycles. The number of morpholine rings is 1. The van der Waals surface area contributed by atoms with Crippen molar-refractivity contribution in [2.45, 2.75) is 6.18 Å². The Morgan fingerprint density at radius 2 is 1.54 bits per heavy atom. The number of non-ortho nitro benzene ring substituents is 1. The minimum absolute atomic E-state index is 0.0407. The van der Waals surface area contributed by atoms with E-state index in [1.807, 2.05) is 4.90 Å². The first kappa shape index (κ1) is 25.6. The van der Waals surface area contributed by atoms with E-state index in [1.54, 1.807) is 0 Å². The Morgan fingerprint density at radius 3 is 2.22 bits per heavy atom. The molecule has 1 aliphatic rings. The van der Waals surface area contributed by atoms with Crippen LogP contribution in [0, 0.1) is 10.1 Å². The minimum Gasteiger partial charge on any atom is -0.378 e. The Bertz CT molecular complexity index is 1340. The van der Waals surface area contributed by atoms with Crippen LogP contribution in [0.1, 0.15) is 26.3 Å². The van der Waals surface area contributed by atoms with Gasteiger partial charge in [0.25, 0.3) is 17.5 Å². The summed E-state index contributed by atoms with van der Waals surface area (Å²) in [5, 5.41) is 16.4. The van der Waals surface area contributed by atoms with Crippen LogP contribution in [0.4, 0.5) is 35.9 Å². The standard InChI is InChI=1S/C25H21F3N4O5/c26-25(27,28)17-4-2-6-19(14-17)29-23(33)16-3-1-5-18(13-16)30-24(34)21-15-20(32(35)36)7-8-22(21)31-9-11-37-12-10-31/h1-8,13-15H,9-12H2,(H,29,33)(H,30,34). The lowest BCUT2D eigenvalue weighted by Gasteiger charge is -2.30. The zero-order valence-electron chi connectivity index (χ0n) is 19.2. The van der Waals surface area contributed by atoms with Gasteiger partial charge in [0.15, 0.2) is 0 Å². The number of hydrogen-bond donors (Lipinski definition) is 2. The fourth-order valence-corrected chi connectivity index (χ4v) is 3.81. The molecule has 0 aliphatic carbocycles. The number of nitro groups is 1. The lowest BCUT2D eigenvalue weighted by molar-refractivity contribution is -0.384. The van der Waals surface area contributed by atoms with Gasteiger partial charge in [-0.05, 0) is 42.5 Å². The van der Waals surface area contributed by atoms with Crippen LogP contribution < -0.4 is 15.5 Å². The summed E-state index contributed by atoms with van der Waals surface area (Å²) in [6.45, 7) is 1.90. The monoisotopic (exact) mass is 514 g/mol. The number of nitro benzene ring substituents is 1. The molecular weight excluding hydrogens is 493 g/mol. The van der Waals surface area contributed by atoms with Gasteiger partial charge in [0.2, 0.25) is 0 Å². The second-order valence-corrected chi connectivity index (χ2v) is 8.13. The van der Waals surface area contributed by atoms with Gasteiger partial charge < -0.3 is 20.3 Å². The Morgan fingerprint density at radius 1 is 0.892 bits per heavy atom. The second kappa shape index (κ2) is 10.7. The number of hydrogen-bond acceptors (Lipinski definition) is 6. The van der Waals surface area contributed by atoms with Crippen molar-refractivity contribution >= 4 is 34.6 Å². The van der Waals surface area contributed by atoms with E-state index >= 15 is 0 Å². The first-order chi connectivity index (χ1) is 17.6. The van der Waals surface area contributed by atoms with E-state index in [2.05, 4.69) is 10.6 Å². The number of benzene rings is 3. The van der Waals surface area contributed by atoms with Crippen LogP contribution in [-0.2, 0) is 10.9 Å². The lowest BCUT2D eigenvalue weighted by atomic mass is 10.1. The Hall–Kier alpha value is -4.45. The molecule has 4 rings (SSSR count). The third-order valence-corrected chi connectivity index (χ3v) is 5.62. The third-order valence-electron chi connectivity index (χ3n) is 5.62.